The summed E-state index contributed by atoms with van der Waals surface area (Å²) in [5.74, 6) is 0.0395. The van der Waals surface area contributed by atoms with Crippen LogP contribution in [0.2, 0.25) is 0 Å². The van der Waals surface area contributed by atoms with Crippen molar-refractivity contribution in [3.05, 3.63) is 35.9 Å². The third-order valence-electron chi connectivity index (χ3n) is 3.73. The highest BCUT2D eigenvalue weighted by Gasteiger charge is 2.06. The number of nitrogens with one attached hydrogen (secondary N) is 1. The number of rotatable bonds is 5. The molecule has 0 aromatic heterocycles. The van der Waals surface area contributed by atoms with Crippen LogP contribution < -0.4 is 5.43 Å². The van der Waals surface area contributed by atoms with E-state index in [4.69, 9.17) is 0 Å². The van der Waals surface area contributed by atoms with Gasteiger partial charge in [0.1, 0.15) is 0 Å². The highest BCUT2D eigenvalue weighted by atomic mass is 16.2. The van der Waals surface area contributed by atoms with Crippen LogP contribution in [0.25, 0.3) is 0 Å². The number of hydrogen-bond acceptors (Lipinski definition) is 2. The summed E-state index contributed by atoms with van der Waals surface area (Å²) in [5, 5.41) is 4.29. The summed E-state index contributed by atoms with van der Waals surface area (Å²) in [5.41, 5.74) is 5.17. The van der Waals surface area contributed by atoms with Crippen molar-refractivity contribution in [1.29, 1.82) is 0 Å². The molecule has 0 bridgehead atoms. The Labute approximate surface area is 121 Å². The molecule has 1 aromatic rings. The van der Waals surface area contributed by atoms with Crippen LogP contribution in [0.15, 0.2) is 35.4 Å². The number of amides is 1. The lowest BCUT2D eigenvalue weighted by molar-refractivity contribution is -0.121. The molecule has 3 nitrogen and oxygen atoms in total. The lowest BCUT2D eigenvalue weighted by Crippen LogP contribution is -2.19. The number of carbonyl (C=O) groups excluding carboxylic acids is 1. The van der Waals surface area contributed by atoms with Crippen LogP contribution in [0.4, 0.5) is 0 Å². The van der Waals surface area contributed by atoms with Gasteiger partial charge < -0.3 is 0 Å². The largest absolute Gasteiger partial charge is 0.273 e. The minimum atomic E-state index is 0.0395. The van der Waals surface area contributed by atoms with E-state index in [0.717, 1.165) is 25.7 Å². The first-order valence-corrected chi connectivity index (χ1v) is 7.73. The third-order valence-corrected chi connectivity index (χ3v) is 3.73. The molecule has 108 valence electrons. The second-order valence-corrected chi connectivity index (χ2v) is 5.47. The molecule has 0 heterocycles. The molecular formula is C17H24N2O. The highest BCUT2D eigenvalue weighted by Crippen LogP contribution is 2.14. The van der Waals surface area contributed by atoms with Crippen LogP contribution in [-0.2, 0) is 11.2 Å². The second kappa shape index (κ2) is 8.51. The SMILES string of the molecule is O=C(CCCc1ccccc1)NN=C1CCCCCC1. The van der Waals surface area contributed by atoms with Crippen molar-refractivity contribution in [2.45, 2.75) is 57.8 Å². The normalized spacial score (nSPS) is 15.5. The minimum absolute atomic E-state index is 0.0395. The molecule has 0 spiro atoms. The summed E-state index contributed by atoms with van der Waals surface area (Å²) in [6.07, 6.45) is 9.48. The molecule has 20 heavy (non-hydrogen) atoms. The lowest BCUT2D eigenvalue weighted by Gasteiger charge is -2.04. The molecular weight excluding hydrogens is 248 g/mol. The summed E-state index contributed by atoms with van der Waals surface area (Å²) < 4.78 is 0. The fourth-order valence-corrected chi connectivity index (χ4v) is 2.54. The topological polar surface area (TPSA) is 41.5 Å². The molecule has 0 atom stereocenters. The predicted molar refractivity (Wildman–Crippen MR) is 82.7 cm³/mol. The molecule has 2 rings (SSSR count). The Kier molecular flexibility index (Phi) is 6.28. The van der Waals surface area contributed by atoms with Gasteiger partial charge in [-0.05, 0) is 44.1 Å². The number of carbonyl (C=O) groups is 1. The molecule has 0 radical (unpaired) electrons. The number of hydrazone groups is 1. The Balaban J connectivity index is 1.66. The molecule has 1 N–H and O–H groups in total. The van der Waals surface area contributed by atoms with Gasteiger partial charge in [0, 0.05) is 12.1 Å². The lowest BCUT2D eigenvalue weighted by atomic mass is 10.1. The van der Waals surface area contributed by atoms with Gasteiger partial charge >= 0.3 is 0 Å². The molecule has 1 aliphatic carbocycles. The first-order chi connectivity index (χ1) is 9.84. The zero-order valence-corrected chi connectivity index (χ0v) is 12.1. The monoisotopic (exact) mass is 272 g/mol. The maximum Gasteiger partial charge on any atom is 0.240 e. The van der Waals surface area contributed by atoms with E-state index in [-0.39, 0.29) is 5.91 Å². The first kappa shape index (κ1) is 14.8. The summed E-state index contributed by atoms with van der Waals surface area (Å²) in [7, 11) is 0. The smallest absolute Gasteiger partial charge is 0.240 e. The molecule has 3 heteroatoms. The third kappa shape index (κ3) is 5.55. The number of benzene rings is 1. The number of aryl methyl sites for hydroxylation is 1. The minimum Gasteiger partial charge on any atom is -0.273 e. The summed E-state index contributed by atoms with van der Waals surface area (Å²) in [6.45, 7) is 0. The molecule has 0 saturated heterocycles. The van der Waals surface area contributed by atoms with Crippen LogP contribution in [0.5, 0.6) is 0 Å². The quantitative estimate of drug-likeness (QED) is 0.642. The van der Waals surface area contributed by atoms with Crippen LogP contribution in [-0.4, -0.2) is 11.6 Å². The first-order valence-electron chi connectivity index (χ1n) is 7.73. The van der Waals surface area contributed by atoms with E-state index in [1.54, 1.807) is 0 Å². The molecule has 1 saturated carbocycles. The van der Waals surface area contributed by atoms with Crippen molar-refractivity contribution >= 4 is 11.6 Å². The van der Waals surface area contributed by atoms with Gasteiger partial charge in [-0.15, -0.1) is 0 Å². The van der Waals surface area contributed by atoms with E-state index in [9.17, 15) is 4.79 Å². The van der Waals surface area contributed by atoms with E-state index in [1.165, 1.54) is 37.0 Å². The predicted octanol–water partition coefficient (Wildman–Crippen LogP) is 3.84. The van der Waals surface area contributed by atoms with Crippen molar-refractivity contribution in [2.24, 2.45) is 5.10 Å². The van der Waals surface area contributed by atoms with Gasteiger partial charge in [-0.25, -0.2) is 5.43 Å². The highest BCUT2D eigenvalue weighted by molar-refractivity contribution is 5.86. The summed E-state index contributed by atoms with van der Waals surface area (Å²) in [4.78, 5) is 11.7. The van der Waals surface area contributed by atoms with E-state index in [1.807, 2.05) is 18.2 Å². The average Bonchev–Trinajstić information content (AvgIpc) is 2.75. The van der Waals surface area contributed by atoms with E-state index in [0.29, 0.717) is 6.42 Å². The van der Waals surface area contributed by atoms with Crippen molar-refractivity contribution in [3.8, 4) is 0 Å². The van der Waals surface area contributed by atoms with Crippen molar-refractivity contribution in [2.75, 3.05) is 0 Å². The average molecular weight is 272 g/mol. The molecule has 1 aromatic carbocycles. The standard InChI is InChI=1S/C17H24N2O/c20-17(14-8-11-15-9-4-3-5-10-15)19-18-16-12-6-1-2-7-13-16/h3-5,9-10H,1-2,6-8,11-14H2,(H,19,20). The Morgan fingerprint density at radius 1 is 1.05 bits per heavy atom. The Morgan fingerprint density at radius 2 is 1.75 bits per heavy atom. The van der Waals surface area contributed by atoms with Crippen molar-refractivity contribution in [1.82, 2.24) is 5.43 Å². The van der Waals surface area contributed by atoms with E-state index < -0.39 is 0 Å². The maximum absolute atomic E-state index is 11.7. The maximum atomic E-state index is 11.7. The van der Waals surface area contributed by atoms with Gasteiger partial charge in [0.15, 0.2) is 0 Å². The fraction of sp³-hybridized carbons (Fsp3) is 0.529. The van der Waals surface area contributed by atoms with E-state index >= 15 is 0 Å². The Hall–Kier alpha value is -1.64. The Morgan fingerprint density at radius 3 is 2.45 bits per heavy atom. The molecule has 1 amide bonds. The van der Waals surface area contributed by atoms with Gasteiger partial charge in [-0.1, -0.05) is 43.2 Å². The van der Waals surface area contributed by atoms with Crippen LogP contribution in [0.3, 0.4) is 0 Å². The van der Waals surface area contributed by atoms with Gasteiger partial charge in [-0.3, -0.25) is 4.79 Å². The zero-order chi connectivity index (χ0) is 14.0. The summed E-state index contributed by atoms with van der Waals surface area (Å²) in [6, 6.07) is 10.3. The summed E-state index contributed by atoms with van der Waals surface area (Å²) >= 11 is 0. The van der Waals surface area contributed by atoms with Crippen LogP contribution >= 0.6 is 0 Å². The van der Waals surface area contributed by atoms with Crippen molar-refractivity contribution in [3.63, 3.8) is 0 Å². The fourth-order valence-electron chi connectivity index (χ4n) is 2.54. The van der Waals surface area contributed by atoms with E-state index in [2.05, 4.69) is 22.7 Å². The zero-order valence-electron chi connectivity index (χ0n) is 12.1. The van der Waals surface area contributed by atoms with Crippen LogP contribution in [0.1, 0.15) is 56.9 Å². The second-order valence-electron chi connectivity index (χ2n) is 5.47. The van der Waals surface area contributed by atoms with Crippen molar-refractivity contribution < 1.29 is 4.79 Å². The molecule has 0 aliphatic heterocycles. The van der Waals surface area contributed by atoms with Gasteiger partial charge in [0.25, 0.3) is 0 Å². The molecule has 1 fully saturated rings. The van der Waals surface area contributed by atoms with Gasteiger partial charge in [-0.2, -0.15) is 5.10 Å². The Bertz CT molecular complexity index is 430. The molecule has 1 aliphatic rings. The van der Waals surface area contributed by atoms with Crippen LogP contribution in [0, 0.1) is 0 Å². The number of nitrogens with zero attached hydrogens (tertiary/aromatic N) is 1. The van der Waals surface area contributed by atoms with Gasteiger partial charge in [0.05, 0.1) is 0 Å². The number of hydrogen-bond donors (Lipinski definition) is 1. The van der Waals surface area contributed by atoms with Gasteiger partial charge in [0.2, 0.25) is 5.91 Å². The molecule has 0 unspecified atom stereocenters.